The van der Waals surface area contributed by atoms with Gasteiger partial charge in [-0.25, -0.2) is 9.59 Å². The topological polar surface area (TPSA) is 163 Å². The molecule has 0 aliphatic heterocycles. The number of hydrogen-bond acceptors (Lipinski definition) is 10. The number of carbonyl (C=O) groups is 6. The summed E-state index contributed by atoms with van der Waals surface area (Å²) in [5.74, 6) is -3.61. The van der Waals surface area contributed by atoms with E-state index in [0.29, 0.717) is 0 Å². The normalized spacial score (nSPS) is 11.9. The van der Waals surface area contributed by atoms with Gasteiger partial charge in [0.15, 0.2) is 0 Å². The van der Waals surface area contributed by atoms with Crippen molar-refractivity contribution in [2.75, 3.05) is 26.4 Å². The highest BCUT2D eigenvalue weighted by Crippen LogP contribution is 2.10. The minimum Gasteiger partial charge on any atom is -0.466 e. The zero-order valence-corrected chi connectivity index (χ0v) is 22.2. The summed E-state index contributed by atoms with van der Waals surface area (Å²) in [7, 11) is 0. The first-order valence-electron chi connectivity index (χ1n) is 12.5. The van der Waals surface area contributed by atoms with Gasteiger partial charge in [0.05, 0.1) is 26.4 Å². The number of nitrogens with one attached hydrogen (secondary N) is 2. The van der Waals surface area contributed by atoms with E-state index in [-0.39, 0.29) is 63.2 Å². The largest absolute Gasteiger partial charge is 0.466 e. The quantitative estimate of drug-likeness (QED) is 0.235. The summed E-state index contributed by atoms with van der Waals surface area (Å²) in [6, 6.07) is 3.34. The van der Waals surface area contributed by atoms with E-state index in [4.69, 9.17) is 18.9 Å². The molecule has 0 heterocycles. The molecule has 0 saturated heterocycles. The maximum atomic E-state index is 12.7. The fourth-order valence-electron chi connectivity index (χ4n) is 3.23. The SMILES string of the molecule is CCOC(=O)CC[C@H](NC(=O)c1ccc(C(=O)N[C@@H](CCC(=O)OCC)C(=O)OCC)cc1)C(=O)OCC. The fraction of sp³-hybridized carbons (Fsp3) is 0.538. The monoisotopic (exact) mass is 536 g/mol. The molecule has 0 saturated carbocycles. The maximum absolute atomic E-state index is 12.7. The molecule has 0 spiro atoms. The van der Waals surface area contributed by atoms with Gasteiger partial charge in [-0.15, -0.1) is 0 Å². The van der Waals surface area contributed by atoms with E-state index >= 15 is 0 Å². The molecule has 210 valence electrons. The lowest BCUT2D eigenvalue weighted by Gasteiger charge is -2.18. The van der Waals surface area contributed by atoms with Crippen molar-refractivity contribution in [2.45, 2.75) is 65.5 Å². The van der Waals surface area contributed by atoms with E-state index in [1.165, 1.54) is 24.3 Å². The molecular weight excluding hydrogens is 500 g/mol. The lowest BCUT2D eigenvalue weighted by molar-refractivity contribution is -0.148. The van der Waals surface area contributed by atoms with Crippen LogP contribution >= 0.6 is 0 Å². The van der Waals surface area contributed by atoms with Crippen molar-refractivity contribution < 1.29 is 47.7 Å². The van der Waals surface area contributed by atoms with Crippen LogP contribution < -0.4 is 10.6 Å². The summed E-state index contributed by atoms with van der Waals surface area (Å²) in [6.45, 7) is 7.15. The Morgan fingerprint density at radius 1 is 0.579 bits per heavy atom. The third-order valence-electron chi connectivity index (χ3n) is 5.05. The van der Waals surface area contributed by atoms with E-state index in [2.05, 4.69) is 10.6 Å². The lowest BCUT2D eigenvalue weighted by Crippen LogP contribution is -2.42. The highest BCUT2D eigenvalue weighted by atomic mass is 16.5. The highest BCUT2D eigenvalue weighted by Gasteiger charge is 2.26. The van der Waals surface area contributed by atoms with Crippen molar-refractivity contribution in [1.82, 2.24) is 10.6 Å². The summed E-state index contributed by atoms with van der Waals surface area (Å²) in [6.07, 6.45) is -0.196. The maximum Gasteiger partial charge on any atom is 0.328 e. The third-order valence-corrected chi connectivity index (χ3v) is 5.05. The minimum atomic E-state index is -1.07. The number of rotatable bonds is 16. The molecule has 1 rings (SSSR count). The molecular formula is C26H36N2O10. The predicted molar refractivity (Wildman–Crippen MR) is 134 cm³/mol. The third kappa shape index (κ3) is 11.4. The Kier molecular flexibility index (Phi) is 14.8. The summed E-state index contributed by atoms with van der Waals surface area (Å²) in [5.41, 5.74) is 0.299. The molecule has 1 aromatic rings. The van der Waals surface area contributed by atoms with Crippen LogP contribution in [0.25, 0.3) is 0 Å². The molecule has 0 aromatic heterocycles. The average Bonchev–Trinajstić information content (AvgIpc) is 2.89. The fourth-order valence-corrected chi connectivity index (χ4v) is 3.23. The van der Waals surface area contributed by atoms with Gasteiger partial charge >= 0.3 is 23.9 Å². The van der Waals surface area contributed by atoms with Gasteiger partial charge in [0, 0.05) is 24.0 Å². The molecule has 0 bridgehead atoms. The van der Waals surface area contributed by atoms with Crippen molar-refractivity contribution in [3.63, 3.8) is 0 Å². The van der Waals surface area contributed by atoms with Gasteiger partial charge in [-0.3, -0.25) is 19.2 Å². The zero-order valence-electron chi connectivity index (χ0n) is 22.2. The molecule has 2 amide bonds. The Hall–Kier alpha value is -3.96. The number of esters is 4. The smallest absolute Gasteiger partial charge is 0.328 e. The molecule has 0 aliphatic carbocycles. The van der Waals surface area contributed by atoms with Gasteiger partial charge in [-0.2, -0.15) is 0 Å². The molecule has 0 fully saturated rings. The van der Waals surface area contributed by atoms with Crippen LogP contribution in [0.4, 0.5) is 0 Å². The second-order valence-electron chi connectivity index (χ2n) is 7.82. The molecule has 38 heavy (non-hydrogen) atoms. The van der Waals surface area contributed by atoms with Crippen molar-refractivity contribution >= 4 is 35.7 Å². The van der Waals surface area contributed by atoms with Crippen LogP contribution in [0, 0.1) is 0 Å². The number of benzene rings is 1. The van der Waals surface area contributed by atoms with Gasteiger partial charge in [0.2, 0.25) is 0 Å². The van der Waals surface area contributed by atoms with E-state index < -0.39 is 47.8 Å². The van der Waals surface area contributed by atoms with Gasteiger partial charge in [-0.05, 0) is 64.8 Å². The average molecular weight is 537 g/mol. The van der Waals surface area contributed by atoms with Crippen molar-refractivity contribution in [1.29, 1.82) is 0 Å². The summed E-state index contributed by atoms with van der Waals surface area (Å²) < 4.78 is 19.7. The molecule has 1 aromatic carbocycles. The number of amides is 2. The van der Waals surface area contributed by atoms with Crippen molar-refractivity contribution in [3.8, 4) is 0 Å². The van der Waals surface area contributed by atoms with Crippen LogP contribution in [0.15, 0.2) is 24.3 Å². The molecule has 12 nitrogen and oxygen atoms in total. The molecule has 2 atom stereocenters. The van der Waals surface area contributed by atoms with E-state index in [0.717, 1.165) is 0 Å². The van der Waals surface area contributed by atoms with Crippen LogP contribution in [0.2, 0.25) is 0 Å². The van der Waals surface area contributed by atoms with Gasteiger partial charge in [0.1, 0.15) is 12.1 Å². The number of ether oxygens (including phenoxy) is 4. The van der Waals surface area contributed by atoms with Crippen LogP contribution in [0.5, 0.6) is 0 Å². The molecule has 12 heteroatoms. The highest BCUT2D eigenvalue weighted by molar-refractivity contribution is 6.00. The standard InChI is InChI=1S/C26H36N2O10/c1-5-35-21(29)15-13-19(25(33)37-7-3)27-23(31)17-9-11-18(12-10-17)24(32)28-20(26(34)38-8-4)14-16-22(30)36-6-2/h9-12,19-20H,5-8,13-16H2,1-4H3,(H,27,31)(H,28,32)/t19-,20-/m0/s1. The van der Waals surface area contributed by atoms with E-state index in [1.54, 1.807) is 27.7 Å². The Morgan fingerprint density at radius 3 is 1.18 bits per heavy atom. The van der Waals surface area contributed by atoms with Crippen molar-refractivity contribution in [2.24, 2.45) is 0 Å². The summed E-state index contributed by atoms with van der Waals surface area (Å²) in [4.78, 5) is 73.3. The van der Waals surface area contributed by atoms with Crippen LogP contribution in [-0.4, -0.2) is 74.2 Å². The van der Waals surface area contributed by atoms with Crippen molar-refractivity contribution in [3.05, 3.63) is 35.4 Å². The van der Waals surface area contributed by atoms with Crippen LogP contribution in [0.3, 0.4) is 0 Å². The Morgan fingerprint density at radius 2 is 0.895 bits per heavy atom. The van der Waals surface area contributed by atoms with Crippen LogP contribution in [-0.2, 0) is 38.1 Å². The van der Waals surface area contributed by atoms with E-state index in [1.807, 2.05) is 0 Å². The first-order chi connectivity index (χ1) is 18.2. The van der Waals surface area contributed by atoms with E-state index in [9.17, 15) is 28.8 Å². The molecule has 2 N–H and O–H groups in total. The zero-order chi connectivity index (χ0) is 28.5. The second kappa shape index (κ2) is 17.5. The Bertz CT molecular complexity index is 884. The van der Waals surface area contributed by atoms with Gasteiger partial charge < -0.3 is 29.6 Å². The van der Waals surface area contributed by atoms with Gasteiger partial charge in [0.25, 0.3) is 11.8 Å². The van der Waals surface area contributed by atoms with Gasteiger partial charge in [-0.1, -0.05) is 0 Å². The first kappa shape index (κ1) is 32.1. The summed E-state index contributed by atoms with van der Waals surface area (Å²) >= 11 is 0. The lowest BCUT2D eigenvalue weighted by atomic mass is 10.1. The number of hydrogen-bond donors (Lipinski definition) is 2. The minimum absolute atomic E-state index is 0.00899. The first-order valence-corrected chi connectivity index (χ1v) is 12.5. The Balaban J connectivity index is 2.87. The van der Waals surface area contributed by atoms with Crippen LogP contribution in [0.1, 0.15) is 74.1 Å². The molecule has 0 unspecified atom stereocenters. The summed E-state index contributed by atoms with van der Waals surface area (Å²) in [5, 5.41) is 5.07. The number of carbonyl (C=O) groups excluding carboxylic acids is 6. The predicted octanol–water partition coefficient (Wildman–Crippen LogP) is 1.70. The molecule has 0 aliphatic rings. The second-order valence-corrected chi connectivity index (χ2v) is 7.82. The molecule has 0 radical (unpaired) electrons. The Labute approximate surface area is 221 Å².